The number of fused-ring (bicyclic) bond motifs is 1. The van der Waals surface area contributed by atoms with Crippen LogP contribution in [0.2, 0.25) is 0 Å². The van der Waals surface area contributed by atoms with Gasteiger partial charge in [0.15, 0.2) is 0 Å². The average molecular weight is 356 g/mol. The summed E-state index contributed by atoms with van der Waals surface area (Å²) in [4.78, 5) is 14.6. The fourth-order valence-corrected chi connectivity index (χ4v) is 3.81. The van der Waals surface area contributed by atoms with Crippen molar-refractivity contribution in [1.82, 2.24) is 4.90 Å². The molecule has 1 aliphatic carbocycles. The number of hydrogen-bond donors (Lipinski definition) is 0. The summed E-state index contributed by atoms with van der Waals surface area (Å²) in [5, 5.41) is 0.333. The Hall–Kier alpha value is -0.560. The van der Waals surface area contributed by atoms with Crippen molar-refractivity contribution in [3.8, 4) is 0 Å². The van der Waals surface area contributed by atoms with Gasteiger partial charge in [-0.1, -0.05) is 15.9 Å². The maximum atomic E-state index is 12.5. The Balaban J connectivity index is 2.13. The van der Waals surface area contributed by atoms with Gasteiger partial charge in [-0.3, -0.25) is 4.79 Å². The number of nitrogens with zero attached hydrogens (tertiary/aromatic N) is 1. The number of carbonyl (C=O) groups excluding carboxylic acids is 1. The third-order valence-electron chi connectivity index (χ3n) is 2.97. The average Bonchev–Trinajstić information content (AvgIpc) is 2.85. The Morgan fingerprint density at radius 2 is 2.16 bits per heavy atom. The first-order valence-electron chi connectivity index (χ1n) is 5.94. The van der Waals surface area contributed by atoms with Gasteiger partial charge >= 0.3 is 6.18 Å². The summed E-state index contributed by atoms with van der Waals surface area (Å²) in [5.41, 5.74) is 1.12. The minimum atomic E-state index is -4.36. The Kier molecular flexibility index (Phi) is 4.55. The van der Waals surface area contributed by atoms with Crippen molar-refractivity contribution in [2.45, 2.75) is 25.4 Å². The van der Waals surface area contributed by atoms with Gasteiger partial charge in [0.05, 0.1) is 4.88 Å². The summed E-state index contributed by atoms with van der Waals surface area (Å²) in [7, 11) is 0. The molecule has 2 nitrogen and oxygen atoms in total. The number of halogens is 4. The van der Waals surface area contributed by atoms with Gasteiger partial charge in [-0.2, -0.15) is 13.2 Å². The van der Waals surface area contributed by atoms with Crippen LogP contribution in [0.15, 0.2) is 6.07 Å². The van der Waals surface area contributed by atoms with E-state index in [1.807, 2.05) is 0 Å². The van der Waals surface area contributed by atoms with E-state index >= 15 is 0 Å². The van der Waals surface area contributed by atoms with Crippen LogP contribution in [0, 0.1) is 0 Å². The highest BCUT2D eigenvalue weighted by atomic mass is 79.9. The van der Waals surface area contributed by atoms with E-state index in [2.05, 4.69) is 15.9 Å². The number of rotatable bonds is 4. The highest BCUT2D eigenvalue weighted by molar-refractivity contribution is 9.09. The Morgan fingerprint density at radius 3 is 2.74 bits per heavy atom. The molecule has 0 radical (unpaired) electrons. The molecule has 0 N–H and O–H groups in total. The lowest BCUT2D eigenvalue weighted by Gasteiger charge is -2.22. The number of alkyl halides is 4. The maximum absolute atomic E-state index is 12.5. The summed E-state index contributed by atoms with van der Waals surface area (Å²) in [5.74, 6) is -0.517. The molecule has 1 heterocycles. The molecule has 0 atom stereocenters. The molecule has 0 unspecified atom stereocenters. The van der Waals surface area contributed by atoms with E-state index < -0.39 is 18.6 Å². The highest BCUT2D eigenvalue weighted by Gasteiger charge is 2.33. The molecule has 1 amide bonds. The van der Waals surface area contributed by atoms with E-state index in [1.165, 1.54) is 11.3 Å². The van der Waals surface area contributed by atoms with Crippen molar-refractivity contribution < 1.29 is 18.0 Å². The number of aryl methyl sites for hydroxylation is 2. The van der Waals surface area contributed by atoms with Gasteiger partial charge in [0.25, 0.3) is 5.91 Å². The van der Waals surface area contributed by atoms with Crippen LogP contribution in [0.5, 0.6) is 0 Å². The molecular weight excluding hydrogens is 343 g/mol. The van der Waals surface area contributed by atoms with Crippen LogP contribution in [0.3, 0.4) is 0 Å². The second-order valence-corrected chi connectivity index (χ2v) is 6.37. The Bertz CT molecular complexity index is 451. The monoisotopic (exact) mass is 355 g/mol. The predicted molar refractivity (Wildman–Crippen MR) is 72.1 cm³/mol. The predicted octanol–water partition coefficient (Wildman–Crippen LogP) is 3.64. The summed E-state index contributed by atoms with van der Waals surface area (Å²) >= 11 is 4.42. The SMILES string of the molecule is O=C(c1cc2c(s1)CCC2)N(CCBr)CC(F)(F)F. The van der Waals surface area contributed by atoms with E-state index in [1.54, 1.807) is 6.07 Å². The molecule has 0 saturated carbocycles. The van der Waals surface area contributed by atoms with Crippen LogP contribution in [-0.4, -0.2) is 35.4 Å². The molecule has 0 aromatic carbocycles. The van der Waals surface area contributed by atoms with E-state index in [9.17, 15) is 18.0 Å². The molecular formula is C12H13BrF3NOS. The third kappa shape index (κ3) is 3.72. The lowest BCUT2D eigenvalue weighted by Crippen LogP contribution is -2.39. The van der Waals surface area contributed by atoms with Crippen LogP contribution < -0.4 is 0 Å². The van der Waals surface area contributed by atoms with Crippen molar-refractivity contribution in [2.24, 2.45) is 0 Å². The minimum absolute atomic E-state index is 0.0565. The fourth-order valence-electron chi connectivity index (χ4n) is 2.16. The van der Waals surface area contributed by atoms with Crippen LogP contribution >= 0.6 is 27.3 Å². The van der Waals surface area contributed by atoms with Crippen molar-refractivity contribution in [3.63, 3.8) is 0 Å². The van der Waals surface area contributed by atoms with E-state index in [0.29, 0.717) is 10.2 Å². The van der Waals surface area contributed by atoms with E-state index in [4.69, 9.17) is 0 Å². The topological polar surface area (TPSA) is 20.3 Å². The summed E-state index contributed by atoms with van der Waals surface area (Å²) in [6, 6.07) is 1.76. The molecule has 1 aromatic heterocycles. The summed E-state index contributed by atoms with van der Waals surface area (Å²) in [6.45, 7) is -1.14. The van der Waals surface area contributed by atoms with Crippen molar-refractivity contribution in [3.05, 3.63) is 21.4 Å². The van der Waals surface area contributed by atoms with Crippen LogP contribution in [0.4, 0.5) is 13.2 Å². The molecule has 2 rings (SSSR count). The third-order valence-corrected chi connectivity index (χ3v) is 4.55. The van der Waals surface area contributed by atoms with Gasteiger partial charge < -0.3 is 4.90 Å². The molecule has 19 heavy (non-hydrogen) atoms. The van der Waals surface area contributed by atoms with Crippen molar-refractivity contribution >= 4 is 33.2 Å². The van der Waals surface area contributed by atoms with Gasteiger partial charge in [-0.15, -0.1) is 11.3 Å². The van der Waals surface area contributed by atoms with E-state index in [0.717, 1.165) is 34.6 Å². The molecule has 0 bridgehead atoms. The number of thiophene rings is 1. The molecule has 1 aromatic rings. The first-order valence-corrected chi connectivity index (χ1v) is 7.88. The molecule has 0 spiro atoms. The quantitative estimate of drug-likeness (QED) is 0.755. The second kappa shape index (κ2) is 5.83. The molecule has 106 valence electrons. The van der Waals surface area contributed by atoms with Gasteiger partial charge in [0.2, 0.25) is 0 Å². The van der Waals surface area contributed by atoms with Crippen molar-refractivity contribution in [2.75, 3.05) is 18.4 Å². The minimum Gasteiger partial charge on any atom is -0.328 e. The second-order valence-electron chi connectivity index (χ2n) is 4.44. The first-order chi connectivity index (χ1) is 8.90. The van der Waals surface area contributed by atoms with E-state index in [-0.39, 0.29) is 6.54 Å². The van der Waals surface area contributed by atoms with Gasteiger partial charge in [0.1, 0.15) is 6.54 Å². The Labute approximate surface area is 121 Å². The molecule has 0 fully saturated rings. The lowest BCUT2D eigenvalue weighted by atomic mass is 10.2. The van der Waals surface area contributed by atoms with Crippen LogP contribution in [0.1, 0.15) is 26.5 Å². The zero-order valence-electron chi connectivity index (χ0n) is 10.1. The van der Waals surface area contributed by atoms with Gasteiger partial charge in [-0.25, -0.2) is 0 Å². The highest BCUT2D eigenvalue weighted by Crippen LogP contribution is 2.31. The van der Waals surface area contributed by atoms with Crippen molar-refractivity contribution in [1.29, 1.82) is 0 Å². The lowest BCUT2D eigenvalue weighted by molar-refractivity contribution is -0.140. The smallest absolute Gasteiger partial charge is 0.328 e. The number of carbonyl (C=O) groups is 1. The largest absolute Gasteiger partial charge is 0.406 e. The normalized spacial score (nSPS) is 14.5. The number of hydrogen-bond acceptors (Lipinski definition) is 2. The molecule has 0 aliphatic heterocycles. The summed E-state index contributed by atoms with van der Waals surface area (Å²) < 4.78 is 37.4. The summed E-state index contributed by atoms with van der Waals surface area (Å²) in [6.07, 6.45) is -1.43. The van der Waals surface area contributed by atoms with Gasteiger partial charge in [-0.05, 0) is 30.9 Å². The zero-order chi connectivity index (χ0) is 14.0. The molecule has 0 saturated heterocycles. The van der Waals surface area contributed by atoms with Gasteiger partial charge in [0, 0.05) is 16.8 Å². The first kappa shape index (κ1) is 14.8. The van der Waals surface area contributed by atoms with Crippen LogP contribution in [-0.2, 0) is 12.8 Å². The van der Waals surface area contributed by atoms with Crippen LogP contribution in [0.25, 0.3) is 0 Å². The standard InChI is InChI=1S/C12H13BrF3NOS/c13-4-5-17(7-12(14,15)16)11(18)10-6-8-2-1-3-9(8)19-10/h6H,1-5,7H2. The maximum Gasteiger partial charge on any atom is 0.406 e. The molecule has 7 heteroatoms. The number of amides is 1. The Morgan fingerprint density at radius 1 is 1.42 bits per heavy atom. The zero-order valence-corrected chi connectivity index (χ0v) is 12.5. The molecule has 1 aliphatic rings. The fraction of sp³-hybridized carbons (Fsp3) is 0.583.